The average Bonchev–Trinajstić information content (AvgIpc) is 3.06. The van der Waals surface area contributed by atoms with Gasteiger partial charge in [-0.15, -0.1) is 10.2 Å². The number of benzene rings is 1. The molecule has 0 aliphatic heterocycles. The Morgan fingerprint density at radius 3 is 2.67 bits per heavy atom. The van der Waals surface area contributed by atoms with Crippen LogP contribution in [0.4, 0.5) is 5.69 Å². The van der Waals surface area contributed by atoms with E-state index in [4.69, 9.17) is 0 Å². The van der Waals surface area contributed by atoms with Gasteiger partial charge in [-0.1, -0.05) is 35.5 Å². The van der Waals surface area contributed by atoms with E-state index in [9.17, 15) is 9.59 Å². The minimum Gasteiger partial charge on any atom is -0.335 e. The monoisotopic (exact) mass is 383 g/mol. The third-order valence-corrected chi connectivity index (χ3v) is 5.05. The molecule has 2 amide bonds. The van der Waals surface area contributed by atoms with Gasteiger partial charge in [0.1, 0.15) is 0 Å². The molecule has 0 unspecified atom stereocenters. The van der Waals surface area contributed by atoms with Crippen LogP contribution in [0.2, 0.25) is 0 Å². The smallest absolute Gasteiger partial charge is 0.243 e. The van der Waals surface area contributed by atoms with E-state index in [2.05, 4.69) is 15.5 Å². The Hall–Kier alpha value is -2.87. The minimum atomic E-state index is -0.394. The van der Waals surface area contributed by atoms with E-state index >= 15 is 0 Å². The number of nitrogens with zero attached hydrogens (tertiary/aromatic N) is 4. The van der Waals surface area contributed by atoms with Crippen molar-refractivity contribution in [3.8, 4) is 0 Å². The van der Waals surface area contributed by atoms with E-state index < -0.39 is 5.25 Å². The van der Waals surface area contributed by atoms with Crippen molar-refractivity contribution in [1.82, 2.24) is 19.5 Å². The maximum absolute atomic E-state index is 12.6. The molecule has 0 saturated heterocycles. The van der Waals surface area contributed by atoms with Crippen molar-refractivity contribution in [3.05, 3.63) is 54.2 Å². The molecule has 0 aliphatic carbocycles. The molecular formula is C19H21N5O2S. The summed E-state index contributed by atoms with van der Waals surface area (Å²) in [6.45, 7) is 3.76. The normalized spacial score (nSPS) is 12.0. The van der Waals surface area contributed by atoms with Crippen LogP contribution in [-0.4, -0.2) is 50.2 Å². The summed E-state index contributed by atoms with van der Waals surface area (Å²) < 4.78 is 1.83. The van der Waals surface area contributed by atoms with Gasteiger partial charge in [-0.05, 0) is 38.1 Å². The molecule has 0 bridgehead atoms. The number of rotatable bonds is 6. The lowest BCUT2D eigenvalue weighted by atomic mass is 10.2. The van der Waals surface area contributed by atoms with Crippen LogP contribution in [0.25, 0.3) is 5.65 Å². The molecule has 3 aromatic rings. The van der Waals surface area contributed by atoms with Crippen molar-refractivity contribution in [2.45, 2.75) is 24.3 Å². The fraction of sp³-hybridized carbons (Fsp3) is 0.263. The lowest BCUT2D eigenvalue weighted by molar-refractivity contribution is -0.132. The topological polar surface area (TPSA) is 79.6 Å². The Morgan fingerprint density at radius 2 is 1.93 bits per heavy atom. The van der Waals surface area contributed by atoms with Gasteiger partial charge < -0.3 is 10.2 Å². The second kappa shape index (κ2) is 8.22. The molecule has 3 rings (SSSR count). The number of hydrogen-bond acceptors (Lipinski definition) is 5. The number of aryl methyl sites for hydroxylation is 1. The molecule has 7 nitrogen and oxygen atoms in total. The first kappa shape index (κ1) is 18.9. The Labute approximate surface area is 161 Å². The van der Waals surface area contributed by atoms with Crippen molar-refractivity contribution in [3.63, 3.8) is 0 Å². The molecule has 0 spiro atoms. The van der Waals surface area contributed by atoms with Crippen molar-refractivity contribution in [2.24, 2.45) is 0 Å². The molecule has 2 heterocycles. The van der Waals surface area contributed by atoms with Gasteiger partial charge in [0.2, 0.25) is 11.8 Å². The first-order valence-electron chi connectivity index (χ1n) is 8.52. The SMILES string of the molecule is Cc1ccc(NC(=O)CN(C)C(=O)[C@H](C)Sc2nnc3ccccn23)cc1. The lowest BCUT2D eigenvalue weighted by Crippen LogP contribution is -2.39. The predicted molar refractivity (Wildman–Crippen MR) is 106 cm³/mol. The molecule has 1 aromatic carbocycles. The second-order valence-corrected chi connectivity index (χ2v) is 7.59. The number of thioether (sulfide) groups is 1. The maximum Gasteiger partial charge on any atom is 0.243 e. The molecule has 0 aliphatic rings. The van der Waals surface area contributed by atoms with E-state index in [1.54, 1.807) is 14.0 Å². The molecule has 1 N–H and O–H groups in total. The number of carbonyl (C=O) groups is 2. The molecule has 2 aromatic heterocycles. The summed E-state index contributed by atoms with van der Waals surface area (Å²) >= 11 is 1.32. The number of nitrogens with one attached hydrogen (secondary N) is 1. The summed E-state index contributed by atoms with van der Waals surface area (Å²) in [7, 11) is 1.62. The summed E-state index contributed by atoms with van der Waals surface area (Å²) in [5.74, 6) is -0.383. The third kappa shape index (κ3) is 4.65. The highest BCUT2D eigenvalue weighted by Crippen LogP contribution is 2.23. The molecule has 27 heavy (non-hydrogen) atoms. The second-order valence-electron chi connectivity index (χ2n) is 6.28. The van der Waals surface area contributed by atoms with E-state index in [0.717, 1.165) is 11.2 Å². The highest BCUT2D eigenvalue weighted by atomic mass is 32.2. The summed E-state index contributed by atoms with van der Waals surface area (Å²) in [5, 5.41) is 11.3. The van der Waals surface area contributed by atoms with Gasteiger partial charge in [0, 0.05) is 18.9 Å². The van der Waals surface area contributed by atoms with Crippen LogP contribution in [0.3, 0.4) is 0 Å². The van der Waals surface area contributed by atoms with Crippen molar-refractivity contribution >= 4 is 34.9 Å². The predicted octanol–water partition coefficient (Wildman–Crippen LogP) is 2.62. The Kier molecular flexibility index (Phi) is 5.75. The maximum atomic E-state index is 12.6. The van der Waals surface area contributed by atoms with Gasteiger partial charge in [-0.3, -0.25) is 14.0 Å². The first-order valence-corrected chi connectivity index (χ1v) is 9.40. The van der Waals surface area contributed by atoms with Crippen molar-refractivity contribution in [2.75, 3.05) is 18.9 Å². The highest BCUT2D eigenvalue weighted by Gasteiger charge is 2.22. The van der Waals surface area contributed by atoms with E-state index in [1.165, 1.54) is 16.7 Å². The van der Waals surface area contributed by atoms with Crippen molar-refractivity contribution in [1.29, 1.82) is 0 Å². The van der Waals surface area contributed by atoms with Crippen LogP contribution in [0.5, 0.6) is 0 Å². The fourth-order valence-electron chi connectivity index (χ4n) is 2.55. The zero-order chi connectivity index (χ0) is 19.4. The largest absolute Gasteiger partial charge is 0.335 e. The number of likely N-dealkylation sites (N-methyl/N-ethyl adjacent to an activating group) is 1. The lowest BCUT2D eigenvalue weighted by Gasteiger charge is -2.20. The standard InChI is InChI=1S/C19H21N5O2S/c1-13-7-9-15(10-8-13)20-17(25)12-23(3)18(26)14(2)27-19-22-21-16-6-4-5-11-24(16)19/h4-11,14H,12H2,1-3H3,(H,20,25)/t14-/m0/s1. The van der Waals surface area contributed by atoms with Crippen LogP contribution in [0.15, 0.2) is 53.8 Å². The average molecular weight is 383 g/mol. The van der Waals surface area contributed by atoms with Crippen LogP contribution in [-0.2, 0) is 9.59 Å². The Balaban J connectivity index is 1.57. The minimum absolute atomic E-state index is 0.0157. The van der Waals surface area contributed by atoms with E-state index in [-0.39, 0.29) is 18.4 Å². The summed E-state index contributed by atoms with van der Waals surface area (Å²) in [5.41, 5.74) is 2.56. The molecule has 1 atom stereocenters. The van der Waals surface area contributed by atoms with Gasteiger partial charge in [0.15, 0.2) is 10.8 Å². The number of aromatic nitrogens is 3. The molecular weight excluding hydrogens is 362 g/mol. The number of pyridine rings is 1. The number of anilines is 1. The summed E-state index contributed by atoms with van der Waals surface area (Å²) in [6, 6.07) is 13.1. The fourth-order valence-corrected chi connectivity index (χ4v) is 3.50. The zero-order valence-corrected chi connectivity index (χ0v) is 16.2. The molecule has 0 radical (unpaired) electrons. The number of amides is 2. The number of fused-ring (bicyclic) bond motifs is 1. The van der Waals surface area contributed by atoms with Gasteiger partial charge in [0.05, 0.1) is 11.8 Å². The summed E-state index contributed by atoms with van der Waals surface area (Å²) in [6.07, 6.45) is 1.85. The van der Waals surface area contributed by atoms with E-state index in [1.807, 2.05) is 60.0 Å². The van der Waals surface area contributed by atoms with Crippen LogP contribution >= 0.6 is 11.8 Å². The Morgan fingerprint density at radius 1 is 1.19 bits per heavy atom. The number of hydrogen-bond donors (Lipinski definition) is 1. The molecule has 140 valence electrons. The van der Waals surface area contributed by atoms with Crippen LogP contribution in [0, 0.1) is 6.92 Å². The molecule has 0 saturated carbocycles. The van der Waals surface area contributed by atoms with Gasteiger partial charge >= 0.3 is 0 Å². The van der Waals surface area contributed by atoms with E-state index in [0.29, 0.717) is 10.8 Å². The quantitative estimate of drug-likeness (QED) is 0.662. The van der Waals surface area contributed by atoms with Crippen molar-refractivity contribution < 1.29 is 9.59 Å². The Bertz CT molecular complexity index is 954. The molecule has 0 fully saturated rings. The summed E-state index contributed by atoms with van der Waals surface area (Å²) in [4.78, 5) is 26.2. The van der Waals surface area contributed by atoms with Gasteiger partial charge in [0.25, 0.3) is 0 Å². The highest BCUT2D eigenvalue weighted by molar-refractivity contribution is 8.00. The zero-order valence-electron chi connectivity index (χ0n) is 15.4. The number of carbonyl (C=O) groups excluding carboxylic acids is 2. The third-order valence-electron chi connectivity index (χ3n) is 4.00. The van der Waals surface area contributed by atoms with Crippen LogP contribution < -0.4 is 5.32 Å². The molecule has 8 heteroatoms. The van der Waals surface area contributed by atoms with Gasteiger partial charge in [-0.25, -0.2) is 0 Å². The first-order chi connectivity index (χ1) is 12.9. The van der Waals surface area contributed by atoms with Gasteiger partial charge in [-0.2, -0.15) is 0 Å². The van der Waals surface area contributed by atoms with Crippen LogP contribution in [0.1, 0.15) is 12.5 Å².